The van der Waals surface area contributed by atoms with Crippen molar-refractivity contribution in [2.75, 3.05) is 26.2 Å². The van der Waals surface area contributed by atoms with Crippen LogP contribution < -0.4 is 0 Å². The Morgan fingerprint density at radius 1 is 1.58 bits per heavy atom. The zero-order valence-corrected chi connectivity index (χ0v) is 7.82. The molecular weight excluding hydrogens is 150 g/mol. The van der Waals surface area contributed by atoms with Crippen molar-refractivity contribution in [3.63, 3.8) is 0 Å². The average Bonchev–Trinajstić information content (AvgIpc) is 2.49. The van der Waals surface area contributed by atoms with Crippen molar-refractivity contribution in [1.82, 2.24) is 4.90 Å². The normalized spacial score (nSPS) is 23.9. The molecule has 0 atom stereocenters. The largest absolute Gasteiger partial charge is 0.306 e. The number of aliphatic imine (C=N–C) groups is 1. The molecule has 0 spiro atoms. The number of rotatable bonds is 1. The van der Waals surface area contributed by atoms with E-state index in [1.165, 1.54) is 12.4 Å². The molecule has 0 aliphatic carbocycles. The second-order valence-corrected chi connectivity index (χ2v) is 3.70. The first kappa shape index (κ1) is 7.92. The lowest BCUT2D eigenvalue weighted by Gasteiger charge is -2.28. The topological polar surface area (TPSA) is 18.6 Å². The average molecular weight is 166 g/mol. The molecule has 0 aromatic carbocycles. The van der Waals surface area contributed by atoms with E-state index in [0.717, 1.165) is 19.6 Å². The van der Waals surface area contributed by atoms with Gasteiger partial charge in [-0.2, -0.15) is 0 Å². The van der Waals surface area contributed by atoms with Gasteiger partial charge in [0.1, 0.15) is 19.3 Å². The third-order valence-corrected chi connectivity index (χ3v) is 2.61. The summed E-state index contributed by atoms with van der Waals surface area (Å²) in [5, 5.41) is 0. The zero-order chi connectivity index (χ0) is 8.55. The Balaban J connectivity index is 2.07. The lowest BCUT2D eigenvalue weighted by Crippen LogP contribution is -2.47. The summed E-state index contributed by atoms with van der Waals surface area (Å²) >= 11 is 0. The molecule has 0 saturated carbocycles. The lowest BCUT2D eigenvalue weighted by molar-refractivity contribution is -0.413. The number of hydrogen-bond donors (Lipinski definition) is 0. The van der Waals surface area contributed by atoms with Crippen molar-refractivity contribution in [3.8, 4) is 0 Å². The zero-order valence-electron chi connectivity index (χ0n) is 7.82. The molecule has 0 unspecified atom stereocenters. The minimum atomic E-state index is 0.649. The fraction of sp³-hybridized carbons (Fsp3) is 0.778. The summed E-state index contributed by atoms with van der Waals surface area (Å²) in [5.74, 6) is 1.26. The Morgan fingerprint density at radius 2 is 2.42 bits per heavy atom. The van der Waals surface area contributed by atoms with Gasteiger partial charge in [0.25, 0.3) is 0 Å². The van der Waals surface area contributed by atoms with Crippen LogP contribution in [0.25, 0.3) is 0 Å². The van der Waals surface area contributed by atoms with E-state index in [4.69, 9.17) is 0 Å². The Morgan fingerprint density at radius 3 is 3.17 bits per heavy atom. The van der Waals surface area contributed by atoms with Crippen molar-refractivity contribution >= 4 is 12.1 Å². The molecule has 1 fully saturated rings. The van der Waals surface area contributed by atoms with Gasteiger partial charge in [-0.3, -0.25) is 4.90 Å². The van der Waals surface area contributed by atoms with Crippen LogP contribution in [-0.2, 0) is 0 Å². The van der Waals surface area contributed by atoms with Crippen molar-refractivity contribution in [2.45, 2.75) is 19.9 Å². The van der Waals surface area contributed by atoms with Crippen LogP contribution >= 0.6 is 0 Å². The summed E-state index contributed by atoms with van der Waals surface area (Å²) in [6.07, 6.45) is 2.19. The fourth-order valence-electron chi connectivity index (χ4n) is 1.74. The van der Waals surface area contributed by atoms with Crippen molar-refractivity contribution in [3.05, 3.63) is 0 Å². The van der Waals surface area contributed by atoms with E-state index in [9.17, 15) is 0 Å². The van der Waals surface area contributed by atoms with Gasteiger partial charge in [-0.25, -0.2) is 4.58 Å². The third-order valence-electron chi connectivity index (χ3n) is 2.61. The molecule has 0 bridgehead atoms. The first-order valence-corrected chi connectivity index (χ1v) is 4.65. The van der Waals surface area contributed by atoms with Gasteiger partial charge < -0.3 is 0 Å². The summed E-state index contributed by atoms with van der Waals surface area (Å²) in [4.78, 5) is 6.90. The minimum absolute atomic E-state index is 0.649. The van der Waals surface area contributed by atoms with Crippen LogP contribution in [0.15, 0.2) is 4.99 Å². The van der Waals surface area contributed by atoms with Gasteiger partial charge >= 0.3 is 5.84 Å². The SMILES string of the molecule is CC(C)N1CC[N+]2=CCN=C2C1. The molecule has 0 aromatic heterocycles. The van der Waals surface area contributed by atoms with E-state index >= 15 is 0 Å². The van der Waals surface area contributed by atoms with Crippen molar-refractivity contribution in [2.24, 2.45) is 4.99 Å². The number of hydrogen-bond acceptors (Lipinski definition) is 2. The molecule has 0 radical (unpaired) electrons. The number of fused-ring (bicyclic) bond motifs is 1. The van der Waals surface area contributed by atoms with Gasteiger partial charge in [0.05, 0.1) is 0 Å². The second kappa shape index (κ2) is 2.98. The molecule has 2 rings (SSSR count). The first-order chi connectivity index (χ1) is 5.77. The first-order valence-electron chi connectivity index (χ1n) is 4.65. The van der Waals surface area contributed by atoms with Crippen LogP contribution in [0.3, 0.4) is 0 Å². The van der Waals surface area contributed by atoms with E-state index in [1.54, 1.807) is 0 Å². The summed E-state index contributed by atoms with van der Waals surface area (Å²) in [5.41, 5.74) is 0. The van der Waals surface area contributed by atoms with Gasteiger partial charge in [0, 0.05) is 12.6 Å². The van der Waals surface area contributed by atoms with Gasteiger partial charge in [0.15, 0.2) is 6.54 Å². The van der Waals surface area contributed by atoms with Crippen molar-refractivity contribution in [1.29, 1.82) is 0 Å². The van der Waals surface area contributed by atoms with E-state index in [2.05, 4.69) is 34.5 Å². The molecule has 0 aromatic rings. The van der Waals surface area contributed by atoms with Gasteiger partial charge in [0.2, 0.25) is 0 Å². The molecule has 12 heavy (non-hydrogen) atoms. The van der Waals surface area contributed by atoms with Gasteiger partial charge in [-0.1, -0.05) is 4.99 Å². The molecule has 2 heterocycles. The van der Waals surface area contributed by atoms with Crippen LogP contribution in [0.2, 0.25) is 0 Å². The molecule has 2 aliphatic rings. The van der Waals surface area contributed by atoms with E-state index in [0.29, 0.717) is 6.04 Å². The Bertz CT molecular complexity index is 240. The Kier molecular flexibility index (Phi) is 1.97. The fourth-order valence-corrected chi connectivity index (χ4v) is 1.74. The lowest BCUT2D eigenvalue weighted by atomic mass is 10.2. The molecule has 2 aliphatic heterocycles. The molecule has 3 heteroatoms. The monoisotopic (exact) mass is 166 g/mol. The number of piperazine rings is 1. The Labute approximate surface area is 73.4 Å². The van der Waals surface area contributed by atoms with E-state index < -0.39 is 0 Å². The Hall–Kier alpha value is -0.700. The third kappa shape index (κ3) is 1.29. The second-order valence-electron chi connectivity index (χ2n) is 3.70. The minimum Gasteiger partial charge on any atom is -0.286 e. The van der Waals surface area contributed by atoms with Gasteiger partial charge in [-0.05, 0) is 13.8 Å². The molecule has 66 valence electrons. The van der Waals surface area contributed by atoms with Crippen LogP contribution in [-0.4, -0.2) is 53.7 Å². The van der Waals surface area contributed by atoms with E-state index in [-0.39, 0.29) is 0 Å². The summed E-state index contributed by atoms with van der Waals surface area (Å²) in [6.45, 7) is 8.71. The van der Waals surface area contributed by atoms with Crippen LogP contribution in [0.1, 0.15) is 13.8 Å². The molecule has 0 N–H and O–H groups in total. The van der Waals surface area contributed by atoms with Gasteiger partial charge in [-0.15, -0.1) is 0 Å². The molecular formula is C9H16N3+. The maximum absolute atomic E-state index is 4.44. The van der Waals surface area contributed by atoms with Crippen LogP contribution in [0.5, 0.6) is 0 Å². The highest BCUT2D eigenvalue weighted by Crippen LogP contribution is 2.06. The molecule has 3 nitrogen and oxygen atoms in total. The highest BCUT2D eigenvalue weighted by Gasteiger charge is 2.29. The predicted octanol–water partition coefficient (Wildman–Crippen LogP) is 0.206. The summed E-state index contributed by atoms with van der Waals surface area (Å²) in [6, 6.07) is 0.649. The van der Waals surface area contributed by atoms with Crippen LogP contribution in [0.4, 0.5) is 0 Å². The maximum atomic E-state index is 4.44. The highest BCUT2D eigenvalue weighted by atomic mass is 15.3. The molecule has 1 saturated heterocycles. The molecule has 0 amide bonds. The standard InChI is InChI=1S/C9H16N3/c1-8(2)12-6-5-11-4-3-10-9(11)7-12/h4,8H,3,5-7H2,1-2H3/q+1. The van der Waals surface area contributed by atoms with E-state index in [1.807, 2.05) is 0 Å². The van der Waals surface area contributed by atoms with Crippen molar-refractivity contribution < 1.29 is 4.58 Å². The number of nitrogens with zero attached hydrogens (tertiary/aromatic N) is 3. The summed E-state index contributed by atoms with van der Waals surface area (Å²) < 4.78 is 2.29. The maximum Gasteiger partial charge on any atom is 0.306 e. The summed E-state index contributed by atoms with van der Waals surface area (Å²) in [7, 11) is 0. The predicted molar refractivity (Wildman–Crippen MR) is 50.2 cm³/mol. The smallest absolute Gasteiger partial charge is 0.286 e. The quantitative estimate of drug-likeness (QED) is 0.509. The van der Waals surface area contributed by atoms with Crippen LogP contribution in [0, 0.1) is 0 Å². The number of amidine groups is 1. The highest BCUT2D eigenvalue weighted by molar-refractivity contribution is 5.85.